The Balaban J connectivity index is 3.04. The number of benzene rings is 1. The maximum absolute atomic E-state index is 12.5. The predicted octanol–water partition coefficient (Wildman–Crippen LogP) is 4.27. The summed E-state index contributed by atoms with van der Waals surface area (Å²) in [6.45, 7) is 3.57. The fourth-order valence-electron chi connectivity index (χ4n) is 1.24. The van der Waals surface area contributed by atoms with Gasteiger partial charge in [0.2, 0.25) is 4.91 Å². The van der Waals surface area contributed by atoms with Gasteiger partial charge >= 0.3 is 7.75 Å². The Morgan fingerprint density at radius 2 is 2.00 bits per heavy atom. The Morgan fingerprint density at radius 3 is 2.55 bits per heavy atom. The van der Waals surface area contributed by atoms with E-state index >= 15 is 0 Å². The van der Waals surface area contributed by atoms with Gasteiger partial charge in [-0.3, -0.25) is 0 Å². The zero-order valence-corrected chi connectivity index (χ0v) is 12.5. The fraction of sp³-hybridized carbons (Fsp3) is 0.231. The van der Waals surface area contributed by atoms with Crippen molar-refractivity contribution in [1.82, 2.24) is 4.91 Å². The topological polar surface area (TPSA) is 74.4 Å². The van der Waals surface area contributed by atoms with Gasteiger partial charge in [-0.2, -0.15) is 0 Å². The molecule has 0 aliphatic heterocycles. The standard InChI is InChI=1S/C13H17N3O3P/c1-4-9-12(5-2)18-20(17,16-15-14-3)19-13-10-7-6-8-11-13/h4-11H,1-3H3/q+1. The van der Waals surface area contributed by atoms with Crippen LogP contribution in [0.3, 0.4) is 0 Å². The summed E-state index contributed by atoms with van der Waals surface area (Å²) in [5.74, 6) is 0.753. The molecule has 0 heterocycles. The smallest absolute Gasteiger partial charge is 0.396 e. The van der Waals surface area contributed by atoms with Crippen LogP contribution in [0.4, 0.5) is 0 Å². The van der Waals surface area contributed by atoms with Crippen LogP contribution in [0, 0.1) is 0 Å². The van der Waals surface area contributed by atoms with Crippen LogP contribution >= 0.6 is 7.75 Å². The van der Waals surface area contributed by atoms with Gasteiger partial charge in [-0.25, -0.2) is 4.57 Å². The first kappa shape index (κ1) is 15.9. The lowest BCUT2D eigenvalue weighted by molar-refractivity contribution is 0.336. The lowest BCUT2D eigenvalue weighted by Gasteiger charge is -2.11. The molecule has 0 aliphatic carbocycles. The van der Waals surface area contributed by atoms with Gasteiger partial charge in [0.05, 0.1) is 0 Å². The van der Waals surface area contributed by atoms with E-state index in [1.54, 1.807) is 49.4 Å². The zero-order valence-electron chi connectivity index (χ0n) is 11.6. The van der Waals surface area contributed by atoms with Gasteiger partial charge < -0.3 is 9.05 Å². The SMILES string of the molecule is CC=CC(=CC)OP(=O)(N=[N+]=NC)Oc1ccccc1. The first-order chi connectivity index (χ1) is 9.63. The third kappa shape index (κ3) is 5.22. The van der Waals surface area contributed by atoms with Gasteiger partial charge in [0.25, 0.3) is 4.88 Å². The highest BCUT2D eigenvalue weighted by Crippen LogP contribution is 2.51. The normalized spacial score (nSPS) is 14.2. The maximum Gasteiger partial charge on any atom is 0.640 e. The minimum absolute atomic E-state index is 0.377. The largest absolute Gasteiger partial charge is 0.640 e. The van der Waals surface area contributed by atoms with Crippen LogP contribution in [0.5, 0.6) is 5.75 Å². The molecule has 0 saturated heterocycles. The van der Waals surface area contributed by atoms with Gasteiger partial charge in [-0.15, -0.1) is 0 Å². The molecule has 1 atom stereocenters. The van der Waals surface area contributed by atoms with Crippen LogP contribution in [0.2, 0.25) is 0 Å². The first-order valence-corrected chi connectivity index (χ1v) is 7.47. The van der Waals surface area contributed by atoms with E-state index in [4.69, 9.17) is 9.05 Å². The van der Waals surface area contributed by atoms with E-state index in [2.05, 4.69) is 14.9 Å². The van der Waals surface area contributed by atoms with E-state index in [-0.39, 0.29) is 0 Å². The third-order valence-corrected chi connectivity index (χ3v) is 3.22. The second-order valence-corrected chi connectivity index (χ2v) is 5.02. The molecular formula is C13H17N3O3P+. The minimum Gasteiger partial charge on any atom is -0.396 e. The van der Waals surface area contributed by atoms with Crippen molar-refractivity contribution >= 4 is 7.75 Å². The lowest BCUT2D eigenvalue weighted by Crippen LogP contribution is -1.96. The van der Waals surface area contributed by atoms with Crippen LogP contribution in [0.15, 0.2) is 64.3 Å². The predicted molar refractivity (Wildman–Crippen MR) is 77.2 cm³/mol. The molecule has 0 aliphatic rings. The highest BCUT2D eigenvalue weighted by atomic mass is 31.2. The Labute approximate surface area is 118 Å². The monoisotopic (exact) mass is 294 g/mol. The molecular weight excluding hydrogens is 277 g/mol. The van der Waals surface area contributed by atoms with E-state index < -0.39 is 7.75 Å². The molecule has 7 heteroatoms. The van der Waals surface area contributed by atoms with Crippen molar-refractivity contribution in [3.63, 3.8) is 0 Å². The molecule has 1 aromatic rings. The molecule has 0 amide bonds. The summed E-state index contributed by atoms with van der Waals surface area (Å²) >= 11 is 0. The van der Waals surface area contributed by atoms with E-state index in [1.165, 1.54) is 7.05 Å². The summed E-state index contributed by atoms with van der Waals surface area (Å²) in [6, 6.07) is 8.63. The Morgan fingerprint density at radius 1 is 1.30 bits per heavy atom. The molecule has 1 unspecified atom stereocenters. The van der Waals surface area contributed by atoms with E-state index in [0.717, 1.165) is 0 Å². The molecule has 0 fully saturated rings. The van der Waals surface area contributed by atoms with Crippen LogP contribution in [0.1, 0.15) is 13.8 Å². The summed E-state index contributed by atoms with van der Waals surface area (Å²) in [5, 5.41) is 3.43. The Hall–Kier alpha value is -2.16. The average Bonchev–Trinajstić information content (AvgIpc) is 2.46. The van der Waals surface area contributed by atoms with Crippen LogP contribution in [-0.2, 0) is 9.09 Å². The Kier molecular flexibility index (Phi) is 6.44. The van der Waals surface area contributed by atoms with Crippen molar-refractivity contribution in [2.45, 2.75) is 13.8 Å². The molecule has 1 aromatic carbocycles. The van der Waals surface area contributed by atoms with Crippen molar-refractivity contribution in [1.29, 1.82) is 0 Å². The fourth-order valence-corrected chi connectivity index (χ4v) is 2.34. The van der Waals surface area contributed by atoms with Crippen molar-refractivity contribution in [3.8, 4) is 5.75 Å². The highest BCUT2D eigenvalue weighted by Gasteiger charge is 2.35. The van der Waals surface area contributed by atoms with Crippen molar-refractivity contribution < 1.29 is 13.6 Å². The summed E-state index contributed by atoms with van der Waals surface area (Å²) in [6.07, 6.45) is 5.06. The average molecular weight is 294 g/mol. The molecule has 0 spiro atoms. The lowest BCUT2D eigenvalue weighted by atomic mass is 10.3. The van der Waals surface area contributed by atoms with Gasteiger partial charge in [-0.1, -0.05) is 24.3 Å². The van der Waals surface area contributed by atoms with Crippen LogP contribution in [-0.4, -0.2) is 7.05 Å². The molecule has 0 N–H and O–H groups in total. The Bertz CT molecular complexity index is 590. The summed E-state index contributed by atoms with van der Waals surface area (Å²) in [4.78, 5) is 6.91. The summed E-state index contributed by atoms with van der Waals surface area (Å²) < 4.78 is 23.2. The first-order valence-electron chi connectivity index (χ1n) is 5.98. The van der Waals surface area contributed by atoms with Crippen LogP contribution < -0.4 is 9.44 Å². The number of hydrogen-bond acceptors (Lipinski definition) is 4. The molecule has 106 valence electrons. The van der Waals surface area contributed by atoms with Crippen molar-refractivity contribution in [2.75, 3.05) is 7.05 Å². The van der Waals surface area contributed by atoms with E-state index in [1.807, 2.05) is 13.0 Å². The van der Waals surface area contributed by atoms with Crippen molar-refractivity contribution in [2.24, 2.45) is 10.00 Å². The molecule has 1 rings (SSSR count). The molecule has 0 saturated carbocycles. The van der Waals surface area contributed by atoms with Gasteiger partial charge in [0, 0.05) is 0 Å². The molecule has 0 radical (unpaired) electrons. The second-order valence-electron chi connectivity index (χ2n) is 3.53. The van der Waals surface area contributed by atoms with Crippen molar-refractivity contribution in [3.05, 3.63) is 54.3 Å². The second kappa shape index (κ2) is 8.10. The molecule has 0 aromatic heterocycles. The maximum atomic E-state index is 12.5. The highest BCUT2D eigenvalue weighted by molar-refractivity contribution is 7.52. The summed E-state index contributed by atoms with van der Waals surface area (Å²) in [5.41, 5.74) is 0. The van der Waals surface area contributed by atoms with E-state index in [0.29, 0.717) is 11.5 Å². The van der Waals surface area contributed by atoms with Gasteiger partial charge in [0.15, 0.2) is 0 Å². The number of hydrogen-bond donors (Lipinski definition) is 0. The van der Waals surface area contributed by atoms with Gasteiger partial charge in [0.1, 0.15) is 23.7 Å². The summed E-state index contributed by atoms with van der Waals surface area (Å²) in [7, 11) is -2.40. The number of rotatable bonds is 6. The molecule has 6 nitrogen and oxygen atoms in total. The minimum atomic E-state index is -3.82. The number of allylic oxidation sites excluding steroid dienone is 3. The van der Waals surface area contributed by atoms with Gasteiger partial charge in [-0.05, 0) is 38.1 Å². The van der Waals surface area contributed by atoms with Crippen LogP contribution in [0.25, 0.3) is 0 Å². The number of nitrogens with zero attached hydrogens (tertiary/aromatic N) is 3. The zero-order chi connectivity index (χ0) is 14.8. The molecule has 0 bridgehead atoms. The van der Waals surface area contributed by atoms with E-state index in [9.17, 15) is 4.57 Å². The third-order valence-electron chi connectivity index (χ3n) is 2.04. The number of para-hydroxylation sites is 1. The quantitative estimate of drug-likeness (QED) is 0.258. The molecule has 20 heavy (non-hydrogen) atoms.